The smallest absolute Gasteiger partial charge is 0.417 e. The van der Waals surface area contributed by atoms with Gasteiger partial charge in [-0.3, -0.25) is 0 Å². The average molecular weight is 418 g/mol. The Balaban J connectivity index is -0.00000000406. The number of hydrogen-bond donors (Lipinski definition) is 0. The molecule has 0 spiro atoms. The van der Waals surface area contributed by atoms with Crippen LogP contribution in [-0.4, -0.2) is 27.4 Å². The van der Waals surface area contributed by atoms with Gasteiger partial charge in [0.25, 0.3) is 0 Å². The van der Waals surface area contributed by atoms with Gasteiger partial charge in [-0.15, -0.1) is 0 Å². The minimum Gasteiger partial charge on any atom is -0.417 e. The summed E-state index contributed by atoms with van der Waals surface area (Å²) in [5, 5.41) is 0. The fourth-order valence-electron chi connectivity index (χ4n) is 0.144. The Morgan fingerprint density at radius 1 is 0.778 bits per heavy atom. The van der Waals surface area contributed by atoms with E-state index in [2.05, 4.69) is 23.3 Å². The minimum atomic E-state index is 0. The molecule has 117 valence electrons. The number of rotatable bonds is 3. The topological polar surface area (TPSA) is 18.5 Å². The Morgan fingerprint density at radius 2 is 1.00 bits per heavy atom. The van der Waals surface area contributed by atoms with Crippen LogP contribution in [-0.2, 0) is 42.2 Å². The van der Waals surface area contributed by atoms with E-state index < -0.39 is 0 Å². The zero-order valence-corrected chi connectivity index (χ0v) is 16.7. The summed E-state index contributed by atoms with van der Waals surface area (Å²) in [6.07, 6.45) is 0.872. The van der Waals surface area contributed by atoms with Crippen molar-refractivity contribution >= 4 is 0 Å². The van der Waals surface area contributed by atoms with Gasteiger partial charge >= 0.3 is 58.2 Å². The van der Waals surface area contributed by atoms with E-state index in [0.29, 0.717) is 6.61 Å². The minimum absolute atomic E-state index is 0. The maximum atomic E-state index is 4.63. The third-order valence-electron chi connectivity index (χ3n) is 0.553. The molecule has 0 heterocycles. The Hall–Kier alpha value is 2.83. The van der Waals surface area contributed by atoms with Crippen LogP contribution in [0.15, 0.2) is 0 Å². The van der Waals surface area contributed by atoms with Crippen molar-refractivity contribution in [2.24, 2.45) is 0 Å². The van der Waals surface area contributed by atoms with E-state index in [1.165, 1.54) is 0 Å². The molecule has 0 aromatic heterocycles. The second kappa shape index (κ2) is 115. The predicted octanol–water partition coefficient (Wildman–Crippen LogP) is 2.59. The maximum Gasteiger partial charge on any atom is 1.00 e. The molecule has 0 fully saturated rings. The van der Waals surface area contributed by atoms with Gasteiger partial charge in [-0.05, 0) is 0 Å². The predicted molar refractivity (Wildman–Crippen MR) is 85.9 cm³/mol. The summed E-state index contributed by atoms with van der Waals surface area (Å²) in [5.41, 5.74) is 0. The Kier molecular flexibility index (Phi) is 540. The second-order valence-electron chi connectivity index (χ2n) is 1.34. The summed E-state index contributed by atoms with van der Waals surface area (Å²) < 4.78 is 9.06. The van der Waals surface area contributed by atoms with Crippen molar-refractivity contribution in [1.82, 2.24) is 0 Å². The van der Waals surface area contributed by atoms with Gasteiger partial charge in [0.05, 0.1) is 0 Å². The van der Waals surface area contributed by atoms with Gasteiger partial charge in [0, 0.05) is 53.5 Å². The first-order valence-corrected chi connectivity index (χ1v) is 2.89. The third-order valence-corrected chi connectivity index (χ3v) is 0.553. The van der Waals surface area contributed by atoms with E-state index in [1.54, 1.807) is 14.2 Å². The first-order valence-electron chi connectivity index (χ1n) is 2.89. The molecule has 2 nitrogen and oxygen atoms in total. The van der Waals surface area contributed by atoms with Gasteiger partial charge in [0.1, 0.15) is 0 Å². The van der Waals surface area contributed by atoms with Gasteiger partial charge in [-0.25, -0.2) is 0 Å². The second-order valence-corrected chi connectivity index (χ2v) is 1.34. The molecule has 0 N–H and O–H groups in total. The fourth-order valence-corrected chi connectivity index (χ4v) is 0.144. The monoisotopic (exact) mass is 417 g/mol. The van der Waals surface area contributed by atoms with Crippen LogP contribution in [0.5, 0.6) is 0 Å². The van der Waals surface area contributed by atoms with Gasteiger partial charge in [0.15, 0.2) is 0 Å². The van der Waals surface area contributed by atoms with E-state index in [1.807, 2.05) is 0 Å². The zero-order valence-electron chi connectivity index (χ0n) is 8.93. The van der Waals surface area contributed by atoms with E-state index >= 15 is 0 Å². The van der Waals surface area contributed by atoms with Crippen LogP contribution in [0.4, 0.5) is 0 Å². The number of hydrogen-bond acceptors (Lipinski definition) is 2. The molecule has 0 bridgehead atoms. The molecular formula is C14H43O2RbY-2. The number of ether oxygens (including phenoxy) is 2. The molecule has 0 aliphatic carbocycles. The van der Waals surface area contributed by atoms with E-state index in [9.17, 15) is 0 Å². The van der Waals surface area contributed by atoms with Gasteiger partial charge in [-0.2, -0.15) is 6.42 Å². The molecule has 0 saturated carbocycles. The molecule has 0 saturated heterocycles. The average Bonchev–Trinajstić information content (AvgIpc) is 1.91. The molecule has 0 amide bonds. The fraction of sp³-hybridized carbons (Fsp3) is 0.786. The molecule has 0 atom stereocenters. The van der Waals surface area contributed by atoms with Crippen LogP contribution >= 0.6 is 0 Å². The molecule has 18 heavy (non-hydrogen) atoms. The van der Waals surface area contributed by atoms with Crippen molar-refractivity contribution in [2.75, 3.05) is 27.4 Å². The normalized spacial score (nSPS) is 4.00. The largest absolute Gasteiger partial charge is 1.00 e. The van der Waals surface area contributed by atoms with Crippen molar-refractivity contribution in [3.8, 4) is 0 Å². The SMILES string of the molecule is C.C.C.C.C.C.[CH2-]CCOC.[CH2-]COC.[CH3-].[Rb+].[Y]. The van der Waals surface area contributed by atoms with Gasteiger partial charge < -0.3 is 30.7 Å². The van der Waals surface area contributed by atoms with Crippen molar-refractivity contribution in [3.63, 3.8) is 0 Å². The van der Waals surface area contributed by atoms with Crippen molar-refractivity contribution in [2.45, 2.75) is 51.0 Å². The van der Waals surface area contributed by atoms with Gasteiger partial charge in [-0.1, -0.05) is 51.2 Å². The summed E-state index contributed by atoms with van der Waals surface area (Å²) in [6, 6.07) is 0. The quantitative estimate of drug-likeness (QED) is 0.657. The van der Waals surface area contributed by atoms with Crippen molar-refractivity contribution in [3.05, 3.63) is 21.3 Å². The van der Waals surface area contributed by atoms with Crippen LogP contribution < -0.4 is 58.2 Å². The van der Waals surface area contributed by atoms with Crippen LogP contribution in [0.3, 0.4) is 0 Å². The molecule has 0 unspecified atom stereocenters. The molecule has 0 aliphatic rings. The summed E-state index contributed by atoms with van der Waals surface area (Å²) in [7, 11) is 3.29. The molecule has 0 rings (SSSR count). The molecular weight excluding hydrogens is 375 g/mol. The maximum absolute atomic E-state index is 4.63. The summed E-state index contributed by atoms with van der Waals surface area (Å²) in [6.45, 7) is 8.28. The first kappa shape index (κ1) is 84.8. The molecule has 4 heteroatoms. The number of methoxy groups -OCH3 is 2. The third kappa shape index (κ3) is 176. The first-order chi connectivity index (χ1) is 4.33. The van der Waals surface area contributed by atoms with Crippen LogP contribution in [0, 0.1) is 21.3 Å². The summed E-state index contributed by atoms with van der Waals surface area (Å²) in [5.74, 6) is 0. The standard InChI is InChI=1S/C4H9O.C3H7O.6CH4.CH3.Rb.Y/c1-3-4-5-2;1-3-4-2;;;;;;;;;/h1,3-4H2,2H3;1,3H2,2H3;6*1H4;1H3;;/q2*-1;;;;;;;-1;+1;. The van der Waals surface area contributed by atoms with Crippen molar-refractivity contribution < 1.29 is 100 Å². The molecule has 0 aromatic carbocycles. The Labute approximate surface area is 196 Å². The zero-order chi connectivity index (χ0) is 7.54. The Morgan fingerprint density at radius 3 is 1.00 bits per heavy atom. The Bertz CT molecular complexity index is 39.0. The molecule has 1 radical (unpaired) electrons. The summed E-state index contributed by atoms with van der Waals surface area (Å²) >= 11 is 0. The van der Waals surface area contributed by atoms with Crippen LogP contribution in [0.1, 0.15) is 51.0 Å². The van der Waals surface area contributed by atoms with E-state index in [4.69, 9.17) is 0 Å². The van der Waals surface area contributed by atoms with Gasteiger partial charge in [0.2, 0.25) is 0 Å². The summed E-state index contributed by atoms with van der Waals surface area (Å²) in [4.78, 5) is 0. The van der Waals surface area contributed by atoms with E-state index in [0.717, 1.165) is 13.0 Å². The van der Waals surface area contributed by atoms with Crippen LogP contribution in [0.25, 0.3) is 0 Å². The molecule has 0 aromatic rings. The molecule has 0 aliphatic heterocycles. The van der Waals surface area contributed by atoms with E-state index in [-0.39, 0.29) is 143 Å². The van der Waals surface area contributed by atoms with Crippen molar-refractivity contribution in [1.29, 1.82) is 0 Å². The van der Waals surface area contributed by atoms with Crippen LogP contribution in [0.2, 0.25) is 0 Å².